The van der Waals surface area contributed by atoms with Gasteiger partial charge in [0, 0.05) is 24.6 Å². The highest BCUT2D eigenvalue weighted by molar-refractivity contribution is 5.84. The molecule has 0 aliphatic rings. The molecule has 0 bridgehead atoms. The zero-order chi connectivity index (χ0) is 15.4. The van der Waals surface area contributed by atoms with Crippen molar-refractivity contribution in [3.05, 3.63) is 0 Å². The van der Waals surface area contributed by atoms with Crippen molar-refractivity contribution in [2.24, 2.45) is 10.9 Å². The molecule has 118 valence electrons. The lowest BCUT2D eigenvalue weighted by Crippen LogP contribution is -2.26. The van der Waals surface area contributed by atoms with Crippen molar-refractivity contribution in [2.45, 2.75) is 85.7 Å². The fourth-order valence-corrected chi connectivity index (χ4v) is 2.02. The number of carbonyl (C=O) groups is 1. The van der Waals surface area contributed by atoms with Gasteiger partial charge in [0.05, 0.1) is 0 Å². The van der Waals surface area contributed by atoms with Gasteiger partial charge in [-0.25, -0.2) is 0 Å². The third kappa shape index (κ3) is 9.11. The number of nitrogens with zero attached hydrogens (tertiary/aromatic N) is 1. The van der Waals surface area contributed by atoms with Crippen LogP contribution in [0.2, 0.25) is 0 Å². The van der Waals surface area contributed by atoms with Crippen LogP contribution < -0.4 is 0 Å². The lowest BCUT2D eigenvalue weighted by atomic mass is 10.0. The van der Waals surface area contributed by atoms with Crippen molar-refractivity contribution >= 4 is 11.7 Å². The summed E-state index contributed by atoms with van der Waals surface area (Å²) < 4.78 is 5.33. The van der Waals surface area contributed by atoms with E-state index in [0.29, 0.717) is 6.42 Å². The Morgan fingerprint density at radius 1 is 1.05 bits per heavy atom. The molecule has 0 aliphatic heterocycles. The summed E-state index contributed by atoms with van der Waals surface area (Å²) in [4.78, 5) is 15.9. The van der Waals surface area contributed by atoms with E-state index in [1.807, 2.05) is 20.8 Å². The van der Waals surface area contributed by atoms with E-state index in [2.05, 4.69) is 18.8 Å². The van der Waals surface area contributed by atoms with Gasteiger partial charge in [-0.1, -0.05) is 52.9 Å². The van der Waals surface area contributed by atoms with Crippen LogP contribution in [0.5, 0.6) is 0 Å². The molecule has 0 rings (SSSR count). The van der Waals surface area contributed by atoms with Crippen molar-refractivity contribution in [3.63, 3.8) is 0 Å². The molecular weight excluding hydrogens is 250 g/mol. The molecule has 3 heteroatoms. The molecule has 0 heterocycles. The Bertz CT molecular complexity index is 287. The van der Waals surface area contributed by atoms with Gasteiger partial charge in [0.25, 0.3) is 0 Å². The number of hydrogen-bond acceptors (Lipinski definition) is 3. The van der Waals surface area contributed by atoms with Crippen molar-refractivity contribution < 1.29 is 9.53 Å². The van der Waals surface area contributed by atoms with Crippen LogP contribution in [-0.2, 0) is 9.53 Å². The van der Waals surface area contributed by atoms with Gasteiger partial charge in [0.15, 0.2) is 0 Å². The molecule has 0 fully saturated rings. The number of rotatable bonds is 11. The maximum Gasteiger partial charge on any atom is 0.305 e. The molecule has 0 spiro atoms. The van der Waals surface area contributed by atoms with E-state index in [4.69, 9.17) is 4.74 Å². The Kier molecular flexibility index (Phi) is 11.4. The zero-order valence-electron chi connectivity index (χ0n) is 14.1. The first-order chi connectivity index (χ1) is 9.52. The molecule has 0 N–H and O–H groups in total. The zero-order valence-corrected chi connectivity index (χ0v) is 14.1. The molecule has 0 aromatic rings. The summed E-state index contributed by atoms with van der Waals surface area (Å²) in [5.74, 6) is 0.0682. The second-order valence-electron chi connectivity index (χ2n) is 5.63. The van der Waals surface area contributed by atoms with Gasteiger partial charge >= 0.3 is 5.97 Å². The van der Waals surface area contributed by atoms with E-state index in [0.717, 1.165) is 18.7 Å². The Labute approximate surface area is 125 Å². The number of carbonyl (C=O) groups excluding carboxylic acids is 1. The van der Waals surface area contributed by atoms with Gasteiger partial charge in [0.2, 0.25) is 0 Å². The molecule has 0 aromatic carbocycles. The molecule has 2 unspecified atom stereocenters. The molecule has 0 aromatic heterocycles. The Morgan fingerprint density at radius 2 is 1.65 bits per heavy atom. The second-order valence-corrected chi connectivity index (χ2v) is 5.63. The van der Waals surface area contributed by atoms with Crippen LogP contribution in [0.1, 0.15) is 79.6 Å². The van der Waals surface area contributed by atoms with Crippen LogP contribution in [-0.4, -0.2) is 24.3 Å². The second kappa shape index (κ2) is 11.9. The van der Waals surface area contributed by atoms with E-state index in [9.17, 15) is 4.79 Å². The molecule has 0 radical (unpaired) electrons. The van der Waals surface area contributed by atoms with Gasteiger partial charge in [0.1, 0.15) is 6.10 Å². The van der Waals surface area contributed by atoms with Crippen LogP contribution in [0, 0.1) is 5.92 Å². The number of esters is 1. The highest BCUT2D eigenvalue weighted by atomic mass is 16.5. The minimum absolute atomic E-state index is 0.0873. The summed E-state index contributed by atoms with van der Waals surface area (Å²) in [5, 5.41) is 0. The highest BCUT2D eigenvalue weighted by Crippen LogP contribution is 2.11. The summed E-state index contributed by atoms with van der Waals surface area (Å²) in [6.07, 6.45) is 8.09. The Balaban J connectivity index is 3.88. The average molecular weight is 283 g/mol. The normalized spacial score (nSPS) is 14.9. The molecule has 0 aliphatic carbocycles. The van der Waals surface area contributed by atoms with Crippen LogP contribution in [0.15, 0.2) is 4.99 Å². The third-order valence-corrected chi connectivity index (χ3v) is 3.84. The third-order valence-electron chi connectivity index (χ3n) is 3.84. The van der Waals surface area contributed by atoms with Crippen LogP contribution in [0.25, 0.3) is 0 Å². The summed E-state index contributed by atoms with van der Waals surface area (Å²) in [6, 6.07) is 0. The molecule has 3 nitrogen and oxygen atoms in total. The molecule has 0 saturated carbocycles. The number of unbranched alkanes of at least 4 members (excludes halogenated alkanes) is 5. The van der Waals surface area contributed by atoms with Crippen molar-refractivity contribution in [1.82, 2.24) is 0 Å². The highest BCUT2D eigenvalue weighted by Gasteiger charge is 2.18. The fourth-order valence-electron chi connectivity index (χ4n) is 2.02. The predicted octanol–water partition coefficient (Wildman–Crippen LogP) is 4.79. The summed E-state index contributed by atoms with van der Waals surface area (Å²) >= 11 is 0. The van der Waals surface area contributed by atoms with E-state index in [1.165, 1.54) is 32.1 Å². The fraction of sp³-hybridized carbons (Fsp3) is 0.882. The monoisotopic (exact) mass is 283 g/mol. The molecule has 2 atom stereocenters. The lowest BCUT2D eigenvalue weighted by Gasteiger charge is -2.20. The standard InChI is InChI=1S/C17H33NO2/c1-6-8-9-10-11-12-13-18-15(4)14(3)16(5)20-17(19)7-2/h14,16H,6-13H2,1-5H3. The van der Waals surface area contributed by atoms with Gasteiger partial charge in [-0.3, -0.25) is 9.79 Å². The first-order valence-electron chi connectivity index (χ1n) is 8.23. The van der Waals surface area contributed by atoms with E-state index in [1.54, 1.807) is 0 Å². The SMILES string of the molecule is CCCCCCCCN=C(C)C(C)C(C)OC(=O)CC. The number of hydrogen-bond donors (Lipinski definition) is 0. The van der Waals surface area contributed by atoms with E-state index in [-0.39, 0.29) is 18.0 Å². The van der Waals surface area contributed by atoms with Gasteiger partial charge in [-0.15, -0.1) is 0 Å². The Hall–Kier alpha value is -0.860. The van der Waals surface area contributed by atoms with Crippen LogP contribution >= 0.6 is 0 Å². The maximum atomic E-state index is 11.3. The smallest absolute Gasteiger partial charge is 0.305 e. The van der Waals surface area contributed by atoms with Crippen molar-refractivity contribution in [1.29, 1.82) is 0 Å². The largest absolute Gasteiger partial charge is 0.462 e. The van der Waals surface area contributed by atoms with Crippen LogP contribution in [0.4, 0.5) is 0 Å². The number of aliphatic imine (C=N–C) groups is 1. The maximum absolute atomic E-state index is 11.3. The average Bonchev–Trinajstić information content (AvgIpc) is 2.44. The summed E-state index contributed by atoms with van der Waals surface area (Å²) in [5.41, 5.74) is 1.09. The van der Waals surface area contributed by atoms with Crippen molar-refractivity contribution in [3.8, 4) is 0 Å². The lowest BCUT2D eigenvalue weighted by molar-refractivity contribution is -0.148. The quantitative estimate of drug-likeness (QED) is 0.311. The van der Waals surface area contributed by atoms with Gasteiger partial charge in [-0.05, 0) is 20.3 Å². The minimum Gasteiger partial charge on any atom is -0.462 e. The minimum atomic E-state index is -0.131. The Morgan fingerprint density at radius 3 is 2.25 bits per heavy atom. The molecule has 20 heavy (non-hydrogen) atoms. The van der Waals surface area contributed by atoms with Crippen molar-refractivity contribution in [2.75, 3.05) is 6.54 Å². The van der Waals surface area contributed by atoms with Crippen LogP contribution in [0.3, 0.4) is 0 Å². The first kappa shape index (κ1) is 19.1. The summed E-state index contributed by atoms with van der Waals surface area (Å²) in [6.45, 7) is 11.0. The number of ether oxygens (including phenoxy) is 1. The first-order valence-corrected chi connectivity index (χ1v) is 8.23. The van der Waals surface area contributed by atoms with E-state index < -0.39 is 0 Å². The molecule has 0 saturated heterocycles. The topological polar surface area (TPSA) is 38.7 Å². The van der Waals surface area contributed by atoms with E-state index >= 15 is 0 Å². The molecule has 0 amide bonds. The predicted molar refractivity (Wildman–Crippen MR) is 86.4 cm³/mol. The summed E-state index contributed by atoms with van der Waals surface area (Å²) in [7, 11) is 0. The van der Waals surface area contributed by atoms with Gasteiger partial charge in [-0.2, -0.15) is 0 Å². The molecular formula is C17H33NO2. The van der Waals surface area contributed by atoms with Gasteiger partial charge < -0.3 is 4.74 Å².